The lowest BCUT2D eigenvalue weighted by atomic mass is 9.96. The number of carbonyl (C=O) groups excluding carboxylic acids is 3. The smallest absolute Gasteiger partial charge is 0.338 e. The van der Waals surface area contributed by atoms with Crippen LogP contribution in [0.15, 0.2) is 64.7 Å². The molecule has 2 aliphatic heterocycles. The van der Waals surface area contributed by atoms with Crippen LogP contribution in [-0.4, -0.2) is 49.3 Å². The van der Waals surface area contributed by atoms with E-state index in [0.29, 0.717) is 11.3 Å². The van der Waals surface area contributed by atoms with Crippen LogP contribution in [0.3, 0.4) is 0 Å². The molecule has 0 saturated carbocycles. The second kappa shape index (κ2) is 8.47. The number of rotatable bonds is 5. The summed E-state index contributed by atoms with van der Waals surface area (Å²) in [5, 5.41) is 2.87. The summed E-state index contributed by atoms with van der Waals surface area (Å²) < 4.78 is 5.24. The number of nitrogens with one attached hydrogen (secondary N) is 1. The van der Waals surface area contributed by atoms with Gasteiger partial charge in [-0.2, -0.15) is 0 Å². The molecule has 4 rings (SSSR count). The second-order valence-electron chi connectivity index (χ2n) is 7.47. The summed E-state index contributed by atoms with van der Waals surface area (Å²) in [6.45, 7) is 1.73. The van der Waals surface area contributed by atoms with Crippen LogP contribution in [0.4, 0.5) is 10.5 Å². The molecule has 0 aliphatic carbocycles. The van der Waals surface area contributed by atoms with Gasteiger partial charge in [-0.3, -0.25) is 9.69 Å². The number of thioether (sulfide) groups is 1. The van der Waals surface area contributed by atoms with Crippen molar-refractivity contribution in [3.63, 3.8) is 0 Å². The molecule has 0 aromatic heterocycles. The highest BCUT2D eigenvalue weighted by Gasteiger charge is 2.43. The van der Waals surface area contributed by atoms with Gasteiger partial charge in [0.15, 0.2) is 0 Å². The van der Waals surface area contributed by atoms with E-state index < -0.39 is 18.0 Å². The van der Waals surface area contributed by atoms with Gasteiger partial charge in [0, 0.05) is 17.6 Å². The Morgan fingerprint density at radius 2 is 1.97 bits per heavy atom. The minimum absolute atomic E-state index is 0.0254. The molecule has 1 atom stereocenters. The Morgan fingerprint density at radius 1 is 1.23 bits per heavy atom. The lowest BCUT2D eigenvalue weighted by Gasteiger charge is -2.33. The number of likely N-dealkylation sites (N-methyl/N-ethyl adjacent to an activating group) is 1. The van der Waals surface area contributed by atoms with Crippen molar-refractivity contribution in [2.24, 2.45) is 0 Å². The number of urea groups is 1. The largest absolute Gasteiger partial charge is 0.456 e. The predicted octanol–water partition coefficient (Wildman–Crippen LogP) is 3.26. The van der Waals surface area contributed by atoms with Crippen LogP contribution in [0.1, 0.15) is 17.2 Å². The van der Waals surface area contributed by atoms with Gasteiger partial charge in [-0.05, 0) is 48.6 Å². The van der Waals surface area contributed by atoms with E-state index in [0.717, 1.165) is 21.7 Å². The Morgan fingerprint density at radius 3 is 2.65 bits per heavy atom. The number of esters is 1. The van der Waals surface area contributed by atoms with E-state index in [-0.39, 0.29) is 19.1 Å². The second-order valence-corrected chi connectivity index (χ2v) is 8.35. The fourth-order valence-corrected chi connectivity index (χ4v) is 4.15. The molecule has 2 aliphatic rings. The zero-order chi connectivity index (χ0) is 22.1. The topological polar surface area (TPSA) is 79.0 Å². The number of cyclic esters (lactones) is 1. The van der Waals surface area contributed by atoms with Crippen molar-refractivity contribution < 1.29 is 19.1 Å². The molecule has 0 radical (unpaired) electrons. The number of nitrogens with zero attached hydrogens (tertiary/aromatic N) is 2. The third-order valence-corrected chi connectivity index (χ3v) is 6.25. The molecule has 2 aromatic rings. The van der Waals surface area contributed by atoms with E-state index >= 15 is 0 Å². The van der Waals surface area contributed by atoms with Gasteiger partial charge in [0.2, 0.25) is 5.91 Å². The summed E-state index contributed by atoms with van der Waals surface area (Å²) in [6, 6.07) is 14.2. The normalized spacial score (nSPS) is 17.9. The van der Waals surface area contributed by atoms with Crippen LogP contribution in [0, 0.1) is 6.92 Å². The number of ether oxygens (including phenoxy) is 1. The van der Waals surface area contributed by atoms with Gasteiger partial charge in [0.25, 0.3) is 0 Å². The van der Waals surface area contributed by atoms with Gasteiger partial charge < -0.3 is 15.0 Å². The summed E-state index contributed by atoms with van der Waals surface area (Å²) in [5.41, 5.74) is 3.38. The minimum atomic E-state index is -0.603. The Balaban J connectivity index is 1.61. The lowest BCUT2D eigenvalue weighted by Crippen LogP contribution is -2.50. The van der Waals surface area contributed by atoms with Gasteiger partial charge in [-0.25, -0.2) is 9.59 Å². The average Bonchev–Trinajstić information content (AvgIpc) is 3.16. The van der Waals surface area contributed by atoms with E-state index in [2.05, 4.69) is 5.32 Å². The monoisotopic (exact) mass is 437 g/mol. The molecule has 1 unspecified atom stereocenters. The third-order valence-electron chi connectivity index (χ3n) is 5.50. The van der Waals surface area contributed by atoms with E-state index in [1.54, 1.807) is 18.8 Å². The van der Waals surface area contributed by atoms with E-state index in [4.69, 9.17) is 4.74 Å². The van der Waals surface area contributed by atoms with Crippen molar-refractivity contribution in [3.05, 3.63) is 70.9 Å². The Hall–Kier alpha value is -3.26. The molecule has 8 heteroatoms. The molecule has 2 aromatic carbocycles. The summed E-state index contributed by atoms with van der Waals surface area (Å²) in [5.74, 6) is -0.742. The van der Waals surface area contributed by atoms with Crippen molar-refractivity contribution in [2.75, 3.05) is 31.4 Å². The van der Waals surface area contributed by atoms with Crippen molar-refractivity contribution in [1.29, 1.82) is 0 Å². The lowest BCUT2D eigenvalue weighted by molar-refractivity contribution is -0.136. The van der Waals surface area contributed by atoms with Crippen molar-refractivity contribution in [2.45, 2.75) is 17.9 Å². The Bertz CT molecular complexity index is 1080. The zero-order valence-electron chi connectivity index (χ0n) is 17.5. The number of amides is 3. The van der Waals surface area contributed by atoms with Crippen LogP contribution < -0.4 is 10.2 Å². The summed E-state index contributed by atoms with van der Waals surface area (Å²) in [7, 11) is 1.67. The van der Waals surface area contributed by atoms with Crippen molar-refractivity contribution >= 4 is 35.4 Å². The van der Waals surface area contributed by atoms with Crippen LogP contribution >= 0.6 is 11.8 Å². The highest BCUT2D eigenvalue weighted by atomic mass is 32.2. The first-order chi connectivity index (χ1) is 14.9. The van der Waals surface area contributed by atoms with Gasteiger partial charge in [0.05, 0.1) is 17.3 Å². The van der Waals surface area contributed by atoms with Crippen molar-refractivity contribution in [3.8, 4) is 0 Å². The molecular weight excluding hydrogens is 414 g/mol. The molecule has 160 valence electrons. The van der Waals surface area contributed by atoms with Crippen molar-refractivity contribution in [1.82, 2.24) is 10.2 Å². The highest BCUT2D eigenvalue weighted by Crippen LogP contribution is 2.35. The summed E-state index contributed by atoms with van der Waals surface area (Å²) in [4.78, 5) is 42.2. The molecule has 2 heterocycles. The summed E-state index contributed by atoms with van der Waals surface area (Å²) >= 11 is 1.61. The van der Waals surface area contributed by atoms with Crippen LogP contribution in [0.25, 0.3) is 0 Å². The molecule has 1 N–H and O–H groups in total. The SMILES string of the molecule is CSc1ccc(C2NC(=O)N(CC(=O)N(C)c3cccc(C)c3)C3=C2C(=O)OC3)cc1. The molecule has 0 fully saturated rings. The van der Waals surface area contributed by atoms with Crippen LogP contribution in [0.5, 0.6) is 0 Å². The predicted molar refractivity (Wildman–Crippen MR) is 119 cm³/mol. The number of benzene rings is 2. The maximum Gasteiger partial charge on any atom is 0.338 e. The van der Waals surface area contributed by atoms with Gasteiger partial charge in [-0.15, -0.1) is 11.8 Å². The van der Waals surface area contributed by atoms with E-state index in [9.17, 15) is 14.4 Å². The van der Waals surface area contributed by atoms with Gasteiger partial charge >= 0.3 is 12.0 Å². The first-order valence-corrected chi connectivity index (χ1v) is 11.1. The Labute approximate surface area is 185 Å². The highest BCUT2D eigenvalue weighted by molar-refractivity contribution is 7.98. The standard InChI is InChI=1S/C23H23N3O4S/c1-14-5-4-6-16(11-14)25(2)19(27)12-26-18-13-30-22(28)20(18)21(24-23(26)29)15-7-9-17(31-3)10-8-15/h4-11,21H,12-13H2,1-3H3,(H,24,29). The quantitative estimate of drug-likeness (QED) is 0.574. The molecule has 0 saturated heterocycles. The average molecular weight is 438 g/mol. The first kappa shape index (κ1) is 21.0. The number of carbonyl (C=O) groups is 3. The molecule has 0 spiro atoms. The molecule has 3 amide bonds. The van der Waals surface area contributed by atoms with Crippen LogP contribution in [-0.2, 0) is 14.3 Å². The molecular formula is C23H23N3O4S. The number of anilines is 1. The fraction of sp³-hybridized carbons (Fsp3) is 0.261. The number of aryl methyl sites for hydroxylation is 1. The fourth-order valence-electron chi connectivity index (χ4n) is 3.75. The molecule has 31 heavy (non-hydrogen) atoms. The first-order valence-electron chi connectivity index (χ1n) is 9.84. The third kappa shape index (κ3) is 4.03. The van der Waals surface area contributed by atoms with Gasteiger partial charge in [0.1, 0.15) is 13.2 Å². The summed E-state index contributed by atoms with van der Waals surface area (Å²) in [6.07, 6.45) is 1.98. The van der Waals surface area contributed by atoms with E-state index in [1.165, 1.54) is 9.80 Å². The van der Waals surface area contributed by atoms with Crippen LogP contribution in [0.2, 0.25) is 0 Å². The molecule has 0 bridgehead atoms. The number of hydrogen-bond donors (Lipinski definition) is 1. The number of hydrogen-bond acceptors (Lipinski definition) is 5. The minimum Gasteiger partial charge on any atom is -0.456 e. The van der Waals surface area contributed by atoms with E-state index in [1.807, 2.05) is 61.7 Å². The Kier molecular flexibility index (Phi) is 5.73. The molecule has 7 nitrogen and oxygen atoms in total. The maximum atomic E-state index is 12.9. The van der Waals surface area contributed by atoms with Gasteiger partial charge in [-0.1, -0.05) is 24.3 Å². The maximum absolute atomic E-state index is 12.9. The zero-order valence-corrected chi connectivity index (χ0v) is 18.4.